The Morgan fingerprint density at radius 3 is 2.54 bits per heavy atom. The maximum atomic E-state index is 11.6. The molecule has 0 bridgehead atoms. The van der Waals surface area contributed by atoms with Crippen molar-refractivity contribution >= 4 is 17.0 Å². The van der Waals surface area contributed by atoms with Crippen molar-refractivity contribution in [1.82, 2.24) is 19.7 Å². The summed E-state index contributed by atoms with van der Waals surface area (Å²) in [7, 11) is 1.53. The van der Waals surface area contributed by atoms with Crippen molar-refractivity contribution in [1.29, 1.82) is 0 Å². The predicted molar refractivity (Wildman–Crippen MR) is 131 cm³/mol. The standard InChI is InChI=1S/C26H28N4O5/c1-4-5-10-21-27-22-23(24(31)28-29-25(22)35-16(2)34-3)30(21)15-17-11-13-18(14-12-17)19-8-6-7-9-20(19)26(32)33/h6-9,11-14,16H,4-5,10,15H2,1-3H3,(H,28,31)(H,32,33). The number of hydrogen-bond acceptors (Lipinski definition) is 7. The number of hydrogen-bond donors (Lipinski definition) is 2. The highest BCUT2D eigenvalue weighted by Crippen LogP contribution is 2.31. The summed E-state index contributed by atoms with van der Waals surface area (Å²) in [6.45, 7) is 4.28. The molecule has 0 aliphatic carbocycles. The number of carbonyl (C=O) groups is 1. The molecule has 9 nitrogen and oxygen atoms in total. The maximum absolute atomic E-state index is 11.6. The number of unbranched alkanes of at least 4 members (excludes halogenated alkanes) is 1. The number of carboxylic acid groups (broad SMARTS) is 1. The molecule has 1 atom stereocenters. The Balaban J connectivity index is 1.73. The summed E-state index contributed by atoms with van der Waals surface area (Å²) in [6.07, 6.45) is 2.09. The van der Waals surface area contributed by atoms with Gasteiger partial charge in [0.25, 0.3) is 11.8 Å². The monoisotopic (exact) mass is 476 g/mol. The highest BCUT2D eigenvalue weighted by Gasteiger charge is 2.22. The van der Waals surface area contributed by atoms with Crippen LogP contribution in [0.4, 0.5) is 0 Å². The van der Waals surface area contributed by atoms with E-state index in [1.807, 2.05) is 34.9 Å². The lowest BCUT2D eigenvalue weighted by Crippen LogP contribution is -2.15. The van der Waals surface area contributed by atoms with Crippen LogP contribution in [0.3, 0.4) is 0 Å². The smallest absolute Gasteiger partial charge is 0.336 e. The van der Waals surface area contributed by atoms with E-state index in [0.29, 0.717) is 29.6 Å². The van der Waals surface area contributed by atoms with Crippen LogP contribution in [0.5, 0.6) is 11.8 Å². The zero-order valence-electron chi connectivity index (χ0n) is 19.9. The van der Waals surface area contributed by atoms with E-state index < -0.39 is 12.3 Å². The zero-order chi connectivity index (χ0) is 24.9. The molecule has 0 saturated carbocycles. The van der Waals surface area contributed by atoms with Crippen LogP contribution in [0, 0.1) is 0 Å². The van der Waals surface area contributed by atoms with Crippen LogP contribution in [0.15, 0.2) is 48.5 Å². The van der Waals surface area contributed by atoms with Crippen molar-refractivity contribution in [3.05, 3.63) is 65.5 Å². The second-order valence-corrected chi connectivity index (χ2v) is 8.21. The topological polar surface area (TPSA) is 120 Å². The number of aromatic nitrogens is 4. The Labute approximate surface area is 203 Å². The minimum atomic E-state index is -0.965. The molecule has 0 aliphatic rings. The van der Waals surface area contributed by atoms with E-state index in [0.717, 1.165) is 29.8 Å². The van der Waals surface area contributed by atoms with Crippen LogP contribution in [0.2, 0.25) is 0 Å². The van der Waals surface area contributed by atoms with Crippen LogP contribution in [-0.4, -0.2) is 49.3 Å². The van der Waals surface area contributed by atoms with E-state index in [9.17, 15) is 15.0 Å². The summed E-state index contributed by atoms with van der Waals surface area (Å²) in [5.74, 6) is -0.196. The maximum Gasteiger partial charge on any atom is 0.336 e. The number of rotatable bonds is 10. The van der Waals surface area contributed by atoms with Crippen LogP contribution < -0.4 is 4.74 Å². The normalized spacial score (nSPS) is 12.1. The van der Waals surface area contributed by atoms with Gasteiger partial charge in [-0.3, -0.25) is 0 Å². The molecule has 1 unspecified atom stereocenters. The highest BCUT2D eigenvalue weighted by atomic mass is 16.7. The molecule has 0 fully saturated rings. The Hall–Kier alpha value is -3.98. The zero-order valence-corrected chi connectivity index (χ0v) is 19.9. The van der Waals surface area contributed by atoms with Crippen molar-refractivity contribution in [3.8, 4) is 22.9 Å². The van der Waals surface area contributed by atoms with Gasteiger partial charge in [-0.15, -0.1) is 10.2 Å². The molecule has 0 radical (unpaired) electrons. The Morgan fingerprint density at radius 2 is 1.86 bits per heavy atom. The Bertz CT molecular complexity index is 1330. The number of imidazole rings is 1. The largest absolute Gasteiger partial charge is 0.491 e. The molecule has 0 saturated heterocycles. The van der Waals surface area contributed by atoms with Gasteiger partial charge in [0, 0.05) is 20.1 Å². The molecule has 0 spiro atoms. The van der Waals surface area contributed by atoms with Crippen LogP contribution in [0.25, 0.3) is 22.2 Å². The van der Waals surface area contributed by atoms with Gasteiger partial charge in [-0.1, -0.05) is 55.8 Å². The number of ether oxygens (including phenoxy) is 2. The summed E-state index contributed by atoms with van der Waals surface area (Å²) in [6, 6.07) is 14.6. The lowest BCUT2D eigenvalue weighted by Gasteiger charge is -2.13. The van der Waals surface area contributed by atoms with Crippen LogP contribution in [0.1, 0.15) is 48.4 Å². The molecule has 182 valence electrons. The summed E-state index contributed by atoms with van der Waals surface area (Å²) in [5.41, 5.74) is 3.56. The fourth-order valence-corrected chi connectivity index (χ4v) is 3.94. The Kier molecular flexibility index (Phi) is 7.26. The highest BCUT2D eigenvalue weighted by molar-refractivity contribution is 5.96. The second kappa shape index (κ2) is 10.5. The molecule has 4 rings (SSSR count). The van der Waals surface area contributed by atoms with Crippen molar-refractivity contribution in [2.45, 2.75) is 45.9 Å². The van der Waals surface area contributed by atoms with Gasteiger partial charge >= 0.3 is 5.97 Å². The summed E-state index contributed by atoms with van der Waals surface area (Å²) < 4.78 is 12.8. The van der Waals surface area contributed by atoms with Crippen molar-refractivity contribution in [2.75, 3.05) is 7.11 Å². The molecule has 0 amide bonds. The molecular formula is C26H28N4O5. The molecule has 2 aromatic heterocycles. The van der Waals surface area contributed by atoms with E-state index in [2.05, 4.69) is 17.1 Å². The number of aromatic hydroxyl groups is 1. The number of aromatic carboxylic acids is 1. The molecule has 2 N–H and O–H groups in total. The van der Waals surface area contributed by atoms with Gasteiger partial charge in [-0.2, -0.15) is 0 Å². The fourth-order valence-electron chi connectivity index (χ4n) is 3.94. The molecule has 0 aliphatic heterocycles. The lowest BCUT2D eigenvalue weighted by molar-refractivity contribution is -0.0406. The van der Waals surface area contributed by atoms with Crippen LogP contribution >= 0.6 is 0 Å². The molecule has 4 aromatic rings. The minimum Gasteiger partial charge on any atom is -0.491 e. The molecule has 9 heteroatoms. The van der Waals surface area contributed by atoms with Crippen molar-refractivity contribution in [2.24, 2.45) is 0 Å². The van der Waals surface area contributed by atoms with Gasteiger partial charge in [-0.25, -0.2) is 9.78 Å². The number of methoxy groups -OCH3 is 1. The molecule has 2 aromatic carbocycles. The molecule has 35 heavy (non-hydrogen) atoms. The average molecular weight is 477 g/mol. The number of fused-ring (bicyclic) bond motifs is 1. The predicted octanol–water partition coefficient (Wildman–Crippen LogP) is 4.66. The first-order chi connectivity index (χ1) is 16.9. The number of benzene rings is 2. The Morgan fingerprint density at radius 1 is 1.11 bits per heavy atom. The fraction of sp³-hybridized carbons (Fsp3) is 0.308. The van der Waals surface area contributed by atoms with E-state index in [-0.39, 0.29) is 17.3 Å². The van der Waals surface area contributed by atoms with E-state index in [1.54, 1.807) is 25.1 Å². The quantitative estimate of drug-likeness (QED) is 0.317. The first-order valence-electron chi connectivity index (χ1n) is 11.5. The van der Waals surface area contributed by atoms with Gasteiger partial charge in [0.05, 0.1) is 5.56 Å². The van der Waals surface area contributed by atoms with E-state index in [1.165, 1.54) is 7.11 Å². The SMILES string of the molecule is CCCCc1nc2c(OC(C)OC)nnc(O)c2n1Cc1ccc(-c2ccccc2C(=O)O)cc1. The first-order valence-corrected chi connectivity index (χ1v) is 11.5. The summed E-state index contributed by atoms with van der Waals surface area (Å²) in [4.78, 5) is 16.3. The van der Waals surface area contributed by atoms with Gasteiger partial charge in [0.15, 0.2) is 11.8 Å². The minimum absolute atomic E-state index is 0.198. The van der Waals surface area contributed by atoms with Crippen LogP contribution in [-0.2, 0) is 17.7 Å². The lowest BCUT2D eigenvalue weighted by atomic mass is 9.99. The third-order valence-electron chi connectivity index (χ3n) is 5.82. The number of nitrogens with zero attached hydrogens (tertiary/aromatic N) is 4. The average Bonchev–Trinajstić information content (AvgIpc) is 3.23. The third kappa shape index (κ3) is 5.09. The summed E-state index contributed by atoms with van der Waals surface area (Å²) >= 11 is 0. The van der Waals surface area contributed by atoms with Gasteiger partial charge in [-0.05, 0) is 36.1 Å². The summed E-state index contributed by atoms with van der Waals surface area (Å²) in [5, 5.41) is 28.0. The molecular weight excluding hydrogens is 448 g/mol. The van der Waals surface area contributed by atoms with Crippen molar-refractivity contribution < 1.29 is 24.5 Å². The van der Waals surface area contributed by atoms with E-state index in [4.69, 9.17) is 14.5 Å². The second-order valence-electron chi connectivity index (χ2n) is 8.21. The van der Waals surface area contributed by atoms with Gasteiger partial charge < -0.3 is 24.3 Å². The van der Waals surface area contributed by atoms with E-state index >= 15 is 0 Å². The number of carboxylic acids is 1. The van der Waals surface area contributed by atoms with Gasteiger partial charge in [0.1, 0.15) is 11.3 Å². The van der Waals surface area contributed by atoms with Crippen molar-refractivity contribution in [3.63, 3.8) is 0 Å². The number of aryl methyl sites for hydroxylation is 1. The molecule has 2 heterocycles. The van der Waals surface area contributed by atoms with Gasteiger partial charge in [0.2, 0.25) is 0 Å². The first kappa shape index (κ1) is 24.2. The third-order valence-corrected chi connectivity index (χ3v) is 5.82.